The number of nitrogens with one attached hydrogen (secondary N) is 1. The van der Waals surface area contributed by atoms with Gasteiger partial charge < -0.3 is 18.8 Å². The normalized spacial score (nSPS) is 15.9. The quantitative estimate of drug-likeness (QED) is 0.0318. The maximum absolute atomic E-state index is 14.5. The van der Waals surface area contributed by atoms with Crippen LogP contribution in [0.4, 0.5) is 0 Å². The van der Waals surface area contributed by atoms with Crippen molar-refractivity contribution >= 4 is 65.0 Å². The molecule has 5 aromatic carbocycles. The Kier molecular flexibility index (Phi) is 11.9. The van der Waals surface area contributed by atoms with Gasteiger partial charge in [-0.1, -0.05) is 164 Å². The molecule has 7 nitrogen and oxygen atoms in total. The second-order valence-electron chi connectivity index (χ2n) is 13.3. The van der Waals surface area contributed by atoms with Gasteiger partial charge in [0.25, 0.3) is 0 Å². The number of carbonyl (C=O) groups excluding carboxylic acids is 3. The molecule has 2 amide bonds. The van der Waals surface area contributed by atoms with Gasteiger partial charge in [0.05, 0.1) is 6.42 Å². The zero-order valence-corrected chi connectivity index (χ0v) is 32.8. The molecule has 3 unspecified atom stereocenters. The minimum atomic E-state index is -3.27. The molecule has 6 aromatic rings. The fraction of sp³-hybridized carbons (Fsp3) is 0.133. The largest absolute Gasteiger partial charge is 0.451 e. The Hall–Kier alpha value is -5.52. The lowest BCUT2D eigenvalue weighted by molar-refractivity contribution is -0.165. The molecule has 3 atom stereocenters. The minimum absolute atomic E-state index is 0.123. The van der Waals surface area contributed by atoms with Crippen LogP contribution in [0.15, 0.2) is 181 Å². The van der Waals surface area contributed by atoms with Crippen molar-refractivity contribution in [3.8, 4) is 0 Å². The lowest BCUT2D eigenvalue weighted by Crippen LogP contribution is -2.74. The zero-order chi connectivity index (χ0) is 38.2. The van der Waals surface area contributed by atoms with Gasteiger partial charge in [0.2, 0.25) is 11.8 Å². The second-order valence-corrected chi connectivity index (χ2v) is 18.8. The van der Waals surface area contributed by atoms with E-state index in [0.29, 0.717) is 5.57 Å². The van der Waals surface area contributed by atoms with Crippen molar-refractivity contribution in [2.24, 2.45) is 0 Å². The van der Waals surface area contributed by atoms with Gasteiger partial charge in [-0.2, -0.15) is 0 Å². The summed E-state index contributed by atoms with van der Waals surface area (Å²) in [5.74, 6) is -1.36. The number of carbonyl (C=O) groups is 3. The molecule has 0 radical (unpaired) electrons. The molecule has 7 rings (SSSR count). The highest BCUT2D eigenvalue weighted by atomic mass is 32.2. The average molecular weight is 781 g/mol. The number of β-lactam (4-membered cyclic amide) rings is 1. The third-order valence-corrected chi connectivity index (χ3v) is 15.9. The highest BCUT2D eigenvalue weighted by Gasteiger charge is 2.56. The van der Waals surface area contributed by atoms with Crippen LogP contribution in [0, 0.1) is 0 Å². The number of benzene rings is 5. The third-order valence-electron chi connectivity index (χ3n) is 9.53. The number of hydrogen-bond acceptors (Lipinski definition) is 7. The molecule has 1 fully saturated rings. The van der Waals surface area contributed by atoms with Crippen molar-refractivity contribution in [3.63, 3.8) is 0 Å². The Balaban J connectivity index is 1.26. The van der Waals surface area contributed by atoms with E-state index in [1.54, 1.807) is 6.92 Å². The van der Waals surface area contributed by atoms with E-state index in [0.717, 1.165) is 43.6 Å². The van der Waals surface area contributed by atoms with Gasteiger partial charge in [0.1, 0.15) is 11.4 Å². The van der Waals surface area contributed by atoms with E-state index in [9.17, 15) is 14.4 Å². The summed E-state index contributed by atoms with van der Waals surface area (Å²) in [5, 5.41) is 7.08. The molecule has 1 saturated heterocycles. The van der Waals surface area contributed by atoms with Crippen LogP contribution in [0.25, 0.3) is 0 Å². The maximum Gasteiger partial charge on any atom is 0.334 e. The number of likely N-dealkylation sites (tertiary alicyclic amines) is 1. The molecule has 55 heavy (non-hydrogen) atoms. The highest BCUT2D eigenvalue weighted by molar-refractivity contribution is 7.96. The Morgan fingerprint density at radius 1 is 0.745 bits per heavy atom. The van der Waals surface area contributed by atoms with Gasteiger partial charge in [-0.25, -0.2) is 4.79 Å². The first-order valence-electron chi connectivity index (χ1n) is 18.0. The molecule has 1 aliphatic heterocycles. The number of thiophene rings is 1. The summed E-state index contributed by atoms with van der Waals surface area (Å²) in [6.45, 7) is 5.88. The SMILES string of the molecule is C=C(C)C(C(=O)OC(c1ccccc1)c1ccccc1)N1C(=O)C(NC(=O)Cc2cccs2)C1SO[Si](c1ccccc1)(c1ccccc1)c1ccccc1. The number of rotatable bonds is 15. The first kappa shape index (κ1) is 37.8. The highest BCUT2D eigenvalue weighted by Crippen LogP contribution is 2.38. The lowest BCUT2D eigenvalue weighted by Gasteiger charge is -2.50. The lowest BCUT2D eigenvalue weighted by atomic mass is 9.98. The third kappa shape index (κ3) is 8.13. The van der Waals surface area contributed by atoms with Gasteiger partial charge in [0.15, 0.2) is 12.1 Å². The van der Waals surface area contributed by atoms with Crippen molar-refractivity contribution < 1.29 is 23.0 Å². The summed E-state index contributed by atoms with van der Waals surface area (Å²) in [4.78, 5) is 44.6. The molecule has 10 heteroatoms. The van der Waals surface area contributed by atoms with Crippen LogP contribution in [0.3, 0.4) is 0 Å². The van der Waals surface area contributed by atoms with Crippen molar-refractivity contribution in [2.75, 3.05) is 0 Å². The molecular weight excluding hydrogens is 741 g/mol. The van der Waals surface area contributed by atoms with E-state index in [4.69, 9.17) is 8.61 Å². The zero-order valence-electron chi connectivity index (χ0n) is 30.2. The van der Waals surface area contributed by atoms with Crippen molar-refractivity contribution in [3.05, 3.63) is 197 Å². The molecule has 276 valence electrons. The fourth-order valence-electron chi connectivity index (χ4n) is 6.89. The van der Waals surface area contributed by atoms with E-state index in [2.05, 4.69) is 48.3 Å². The fourth-order valence-corrected chi connectivity index (χ4v) is 13.3. The molecule has 0 aliphatic carbocycles. The Morgan fingerprint density at radius 2 is 1.22 bits per heavy atom. The van der Waals surface area contributed by atoms with Gasteiger partial charge in [0, 0.05) is 16.9 Å². The maximum atomic E-state index is 14.5. The summed E-state index contributed by atoms with van der Waals surface area (Å²) in [7, 11) is -3.27. The molecule has 1 aliphatic rings. The smallest absolute Gasteiger partial charge is 0.334 e. The van der Waals surface area contributed by atoms with Crippen LogP contribution in [-0.2, 0) is 29.4 Å². The van der Waals surface area contributed by atoms with Crippen LogP contribution < -0.4 is 20.9 Å². The van der Waals surface area contributed by atoms with E-state index in [1.165, 1.54) is 16.2 Å². The van der Waals surface area contributed by atoms with Gasteiger partial charge in [-0.05, 0) is 50.6 Å². The number of nitrogens with zero attached hydrogens (tertiary/aromatic N) is 1. The number of hydrogen-bond donors (Lipinski definition) is 1. The summed E-state index contributed by atoms with van der Waals surface area (Å²) in [6, 6.07) is 50.9. The first-order chi connectivity index (χ1) is 26.9. The van der Waals surface area contributed by atoms with Crippen LogP contribution in [0.2, 0.25) is 0 Å². The van der Waals surface area contributed by atoms with E-state index >= 15 is 0 Å². The Bertz CT molecular complexity index is 2070. The summed E-state index contributed by atoms with van der Waals surface area (Å²) in [6.07, 6.45) is -0.607. The molecule has 1 N–H and O–H groups in total. The van der Waals surface area contributed by atoms with Crippen LogP contribution in [-0.4, -0.2) is 48.5 Å². The van der Waals surface area contributed by atoms with E-state index in [1.807, 2.05) is 133 Å². The number of ether oxygens (including phenoxy) is 1. The average Bonchev–Trinajstić information content (AvgIpc) is 3.75. The first-order valence-corrected chi connectivity index (χ1v) is 21.6. The summed E-state index contributed by atoms with van der Waals surface area (Å²) < 4.78 is 13.6. The number of amides is 2. The topological polar surface area (TPSA) is 84.9 Å². The summed E-state index contributed by atoms with van der Waals surface area (Å²) >= 11 is 2.58. The minimum Gasteiger partial charge on any atom is -0.451 e. The van der Waals surface area contributed by atoms with Gasteiger partial charge in [-0.3, -0.25) is 9.59 Å². The Morgan fingerprint density at radius 3 is 1.65 bits per heavy atom. The van der Waals surface area contributed by atoms with Crippen molar-refractivity contribution in [1.82, 2.24) is 10.2 Å². The molecule has 0 spiro atoms. The Labute approximate surface area is 331 Å². The van der Waals surface area contributed by atoms with Crippen LogP contribution in [0.1, 0.15) is 29.0 Å². The monoisotopic (exact) mass is 780 g/mol. The van der Waals surface area contributed by atoms with Crippen molar-refractivity contribution in [1.29, 1.82) is 0 Å². The predicted octanol–water partition coefficient (Wildman–Crippen LogP) is 6.55. The van der Waals surface area contributed by atoms with Gasteiger partial charge in [-0.15, -0.1) is 11.3 Å². The molecule has 0 saturated carbocycles. The number of esters is 1. The predicted molar refractivity (Wildman–Crippen MR) is 223 cm³/mol. The second kappa shape index (κ2) is 17.3. The van der Waals surface area contributed by atoms with Crippen molar-refractivity contribution in [2.45, 2.75) is 36.9 Å². The van der Waals surface area contributed by atoms with Gasteiger partial charge >= 0.3 is 14.3 Å². The van der Waals surface area contributed by atoms with E-state index < -0.39 is 43.8 Å². The van der Waals surface area contributed by atoms with Crippen LogP contribution in [0.5, 0.6) is 0 Å². The molecule has 1 aromatic heterocycles. The van der Waals surface area contributed by atoms with Crippen LogP contribution >= 0.6 is 23.4 Å². The van der Waals surface area contributed by atoms with E-state index in [-0.39, 0.29) is 12.3 Å². The molecule has 0 bridgehead atoms. The molecule has 2 heterocycles. The standard InChI is InChI=1S/C45H40N2O5S2Si/c1-32(2)41(45(50)51-42(33-19-8-3-9-20-33)34-21-10-4-11-22-34)47-43(49)40(46-39(48)31-35-23-18-30-53-35)44(47)54-52-55(36-24-12-5-13-25-36,37-26-14-6-15-27-37)38-28-16-7-17-29-38/h3-30,40-42,44H,1,31H2,2H3,(H,46,48). The summed E-state index contributed by atoms with van der Waals surface area (Å²) in [5.41, 5.74) is 1.99. The molecular formula is C45H40N2O5S2Si.